The summed E-state index contributed by atoms with van der Waals surface area (Å²) in [7, 11) is -4.26. The minimum Gasteiger partial charge on any atom is -0.234 e. The number of fused-ring (bicyclic) bond motifs is 1. The Morgan fingerprint density at radius 2 is 1.32 bits per heavy atom. The van der Waals surface area contributed by atoms with Gasteiger partial charge in [-0.1, -0.05) is 96.6 Å². The lowest BCUT2D eigenvalue weighted by Gasteiger charge is -2.40. The smallest absolute Gasteiger partial charge is 0.234 e. The van der Waals surface area contributed by atoms with Crippen LogP contribution in [-0.4, -0.2) is 13.4 Å². The molecule has 4 aromatic carbocycles. The van der Waals surface area contributed by atoms with E-state index in [2.05, 4.69) is 0 Å². The molecule has 41 heavy (non-hydrogen) atoms. The van der Waals surface area contributed by atoms with Gasteiger partial charge in [-0.25, -0.2) is 17.7 Å². The molecule has 0 saturated carbocycles. The molecule has 1 unspecified atom stereocenters. The molecule has 1 atom stereocenters. The number of aromatic nitrogens is 1. The van der Waals surface area contributed by atoms with Crippen molar-refractivity contribution in [3.63, 3.8) is 0 Å². The molecule has 1 aliphatic rings. The molecular formula is C33H25F3N2O2S. The third kappa shape index (κ3) is 4.58. The molecule has 4 nitrogen and oxygen atoms in total. The number of hydrogen-bond donors (Lipinski definition) is 0. The normalized spacial score (nSPS) is 16.9. The first-order valence-electron chi connectivity index (χ1n) is 13.0. The van der Waals surface area contributed by atoms with Gasteiger partial charge in [0, 0.05) is 12.0 Å². The molecule has 206 valence electrons. The van der Waals surface area contributed by atoms with E-state index < -0.39 is 27.3 Å². The largest absolute Gasteiger partial charge is 0.416 e. The number of aryl methyl sites for hydroxylation is 1. The van der Waals surface area contributed by atoms with Crippen molar-refractivity contribution in [2.24, 2.45) is 0 Å². The second-order valence-electron chi connectivity index (χ2n) is 10.1. The number of pyridine rings is 1. The number of hydrogen-bond acceptors (Lipinski definition) is 3. The van der Waals surface area contributed by atoms with Crippen molar-refractivity contribution in [2.45, 2.75) is 30.0 Å². The molecule has 0 bridgehead atoms. The highest BCUT2D eigenvalue weighted by Gasteiger charge is 2.53. The van der Waals surface area contributed by atoms with Crippen molar-refractivity contribution < 1.29 is 21.6 Å². The van der Waals surface area contributed by atoms with E-state index in [-0.39, 0.29) is 17.1 Å². The van der Waals surface area contributed by atoms with Crippen LogP contribution in [0.1, 0.15) is 27.8 Å². The zero-order chi connectivity index (χ0) is 28.8. The van der Waals surface area contributed by atoms with Crippen LogP contribution in [0.15, 0.2) is 126 Å². The molecule has 1 aromatic heterocycles. The van der Waals surface area contributed by atoms with E-state index in [1.54, 1.807) is 48.5 Å². The van der Waals surface area contributed by atoms with Crippen molar-refractivity contribution in [3.8, 4) is 11.3 Å². The molecule has 2 heterocycles. The standard InChI is InChI=1S/C33H25F3N2O2S/c1-23-12-19-29(20-13-23)41(39,40)38-31-25(14-21-30(37-31)24-8-4-2-5-9-24)22-32(38,26-10-6-3-7-11-26)27-15-17-28(18-16-27)33(34,35)36/h2-21H,22H2,1H3. The summed E-state index contributed by atoms with van der Waals surface area (Å²) in [4.78, 5) is 4.95. The fourth-order valence-corrected chi connectivity index (χ4v) is 7.24. The average Bonchev–Trinajstić information content (AvgIpc) is 3.34. The zero-order valence-corrected chi connectivity index (χ0v) is 22.8. The van der Waals surface area contributed by atoms with Gasteiger partial charge in [-0.05, 0) is 53.9 Å². The van der Waals surface area contributed by atoms with Crippen LogP contribution < -0.4 is 4.31 Å². The van der Waals surface area contributed by atoms with E-state index in [0.717, 1.165) is 23.3 Å². The summed E-state index contributed by atoms with van der Waals surface area (Å²) < 4.78 is 71.2. The number of anilines is 1. The van der Waals surface area contributed by atoms with Crippen LogP contribution in [0.3, 0.4) is 0 Å². The maximum Gasteiger partial charge on any atom is 0.416 e. The van der Waals surface area contributed by atoms with Crippen LogP contribution in [0, 0.1) is 6.92 Å². The number of benzene rings is 4. The molecule has 0 N–H and O–H groups in total. The number of sulfonamides is 1. The van der Waals surface area contributed by atoms with Crippen molar-refractivity contribution in [1.29, 1.82) is 0 Å². The molecular weight excluding hydrogens is 545 g/mol. The Kier molecular flexibility index (Phi) is 6.46. The van der Waals surface area contributed by atoms with Gasteiger partial charge in [0.1, 0.15) is 11.4 Å². The summed E-state index contributed by atoms with van der Waals surface area (Å²) in [6, 6.07) is 33.4. The fourth-order valence-electron chi connectivity index (χ4n) is 5.48. The molecule has 0 saturated heterocycles. The number of rotatable bonds is 5. The van der Waals surface area contributed by atoms with Gasteiger partial charge in [0.25, 0.3) is 10.0 Å². The predicted octanol–water partition coefficient (Wildman–Crippen LogP) is 7.77. The van der Waals surface area contributed by atoms with E-state index in [1.165, 1.54) is 16.4 Å². The lowest BCUT2D eigenvalue weighted by atomic mass is 9.80. The fraction of sp³-hybridized carbons (Fsp3) is 0.121. The van der Waals surface area contributed by atoms with Crippen LogP contribution in [0.5, 0.6) is 0 Å². The van der Waals surface area contributed by atoms with Crippen molar-refractivity contribution in [1.82, 2.24) is 4.98 Å². The molecule has 1 aliphatic heterocycles. The summed E-state index contributed by atoms with van der Waals surface area (Å²) >= 11 is 0. The molecule has 0 amide bonds. The maximum absolute atomic E-state index is 14.7. The topological polar surface area (TPSA) is 50.3 Å². The minimum absolute atomic E-state index is 0.0649. The Morgan fingerprint density at radius 1 is 0.732 bits per heavy atom. The Bertz CT molecular complexity index is 1810. The van der Waals surface area contributed by atoms with E-state index in [9.17, 15) is 21.6 Å². The highest BCUT2D eigenvalue weighted by Crippen LogP contribution is 2.52. The lowest BCUT2D eigenvalue weighted by Crippen LogP contribution is -2.48. The summed E-state index contributed by atoms with van der Waals surface area (Å²) in [5.41, 5.74) is 1.80. The summed E-state index contributed by atoms with van der Waals surface area (Å²) in [5.74, 6) is 0.246. The average molecular weight is 571 g/mol. The number of alkyl halides is 3. The first kappa shape index (κ1) is 26.8. The van der Waals surface area contributed by atoms with Gasteiger partial charge < -0.3 is 0 Å². The first-order chi connectivity index (χ1) is 19.6. The summed E-state index contributed by atoms with van der Waals surface area (Å²) in [5, 5.41) is 0. The zero-order valence-electron chi connectivity index (χ0n) is 22.0. The van der Waals surface area contributed by atoms with Gasteiger partial charge in [-0.3, -0.25) is 0 Å². The Morgan fingerprint density at radius 3 is 1.93 bits per heavy atom. The summed E-state index contributed by atoms with van der Waals surface area (Å²) in [6.45, 7) is 1.87. The van der Waals surface area contributed by atoms with Crippen LogP contribution in [0.25, 0.3) is 11.3 Å². The van der Waals surface area contributed by atoms with Crippen molar-refractivity contribution in [2.75, 3.05) is 4.31 Å². The van der Waals surface area contributed by atoms with E-state index in [1.807, 2.05) is 55.5 Å². The van der Waals surface area contributed by atoms with Crippen molar-refractivity contribution >= 4 is 15.8 Å². The van der Waals surface area contributed by atoms with Gasteiger partial charge >= 0.3 is 6.18 Å². The molecule has 0 spiro atoms. The quantitative estimate of drug-likeness (QED) is 0.217. The maximum atomic E-state index is 14.7. The molecule has 0 fully saturated rings. The van der Waals surface area contributed by atoms with Crippen LogP contribution in [0.4, 0.5) is 19.0 Å². The molecule has 6 rings (SSSR count). The van der Waals surface area contributed by atoms with Gasteiger partial charge in [-0.2, -0.15) is 13.2 Å². The predicted molar refractivity (Wildman–Crippen MR) is 153 cm³/mol. The Balaban J connectivity index is 1.65. The Hall–Kier alpha value is -4.43. The molecule has 0 radical (unpaired) electrons. The second kappa shape index (κ2) is 9.89. The van der Waals surface area contributed by atoms with Gasteiger partial charge in [0.05, 0.1) is 16.2 Å². The molecule has 5 aromatic rings. The Labute approximate surface area is 236 Å². The molecule has 0 aliphatic carbocycles. The molecule has 8 heteroatoms. The lowest BCUT2D eigenvalue weighted by molar-refractivity contribution is -0.137. The highest BCUT2D eigenvalue weighted by atomic mass is 32.2. The van der Waals surface area contributed by atoms with Gasteiger partial charge in [0.15, 0.2) is 0 Å². The number of halogens is 3. The van der Waals surface area contributed by atoms with E-state index in [0.29, 0.717) is 22.4 Å². The highest BCUT2D eigenvalue weighted by molar-refractivity contribution is 7.93. The third-order valence-corrected chi connectivity index (χ3v) is 9.34. The van der Waals surface area contributed by atoms with Gasteiger partial charge in [0.2, 0.25) is 0 Å². The van der Waals surface area contributed by atoms with E-state index >= 15 is 0 Å². The van der Waals surface area contributed by atoms with Crippen LogP contribution >= 0.6 is 0 Å². The van der Waals surface area contributed by atoms with Crippen LogP contribution in [0.2, 0.25) is 0 Å². The van der Waals surface area contributed by atoms with E-state index in [4.69, 9.17) is 4.98 Å². The minimum atomic E-state index is -4.53. The number of nitrogens with zero attached hydrogens (tertiary/aromatic N) is 2. The summed E-state index contributed by atoms with van der Waals surface area (Å²) in [6.07, 6.45) is -4.35. The third-order valence-electron chi connectivity index (χ3n) is 7.51. The van der Waals surface area contributed by atoms with Crippen LogP contribution in [-0.2, 0) is 28.2 Å². The first-order valence-corrected chi connectivity index (χ1v) is 14.5. The second-order valence-corrected chi connectivity index (χ2v) is 11.9. The monoisotopic (exact) mass is 570 g/mol. The van der Waals surface area contributed by atoms with Crippen molar-refractivity contribution in [3.05, 3.63) is 149 Å². The van der Waals surface area contributed by atoms with Gasteiger partial charge in [-0.15, -0.1) is 0 Å². The SMILES string of the molecule is Cc1ccc(S(=O)(=O)N2c3nc(-c4ccccc4)ccc3CC2(c2ccccc2)c2ccc(C(F)(F)F)cc2)cc1.